The average molecular weight is 325 g/mol. The van der Waals surface area contributed by atoms with Crippen LogP contribution < -0.4 is 25.0 Å². The number of nitrogens with one attached hydrogen (secondary N) is 1. The molecular formula is C13H11NO7S-2. The number of carbonyl (C=O) groups is 3. The van der Waals surface area contributed by atoms with Crippen molar-refractivity contribution < 1.29 is 34.1 Å². The van der Waals surface area contributed by atoms with Gasteiger partial charge >= 0.3 is 0 Å². The first-order valence-corrected chi connectivity index (χ1v) is 7.22. The van der Waals surface area contributed by atoms with E-state index < -0.39 is 29.5 Å². The highest BCUT2D eigenvalue weighted by Crippen LogP contribution is 2.34. The second kappa shape index (κ2) is 7.03. The number of fused-ring (bicyclic) bond motifs is 1. The number of hydrogen-bond acceptors (Lipinski definition) is 8. The highest BCUT2D eigenvalue weighted by atomic mass is 32.2. The summed E-state index contributed by atoms with van der Waals surface area (Å²) in [5, 5.41) is 22.4. The van der Waals surface area contributed by atoms with Gasteiger partial charge in [0.25, 0.3) is 0 Å². The van der Waals surface area contributed by atoms with Crippen molar-refractivity contribution in [3.8, 4) is 11.5 Å². The van der Waals surface area contributed by atoms with Gasteiger partial charge in [-0.25, -0.2) is 0 Å². The number of hydrogen-bond donors (Lipinski definition) is 1. The number of carboxylic acid groups (broad SMARTS) is 2. The molecule has 1 atom stereocenters. The maximum Gasteiger partial charge on any atom is 0.234 e. The molecule has 0 unspecified atom stereocenters. The highest BCUT2D eigenvalue weighted by molar-refractivity contribution is 8.01. The van der Waals surface area contributed by atoms with Crippen LogP contribution in [0.15, 0.2) is 18.2 Å². The highest BCUT2D eigenvalue weighted by Gasteiger charge is 2.16. The molecule has 9 heteroatoms. The lowest BCUT2D eigenvalue weighted by molar-refractivity contribution is -0.314. The number of carboxylic acids is 2. The summed E-state index contributed by atoms with van der Waals surface area (Å²) in [6.45, 7) is 0.110. The first-order chi connectivity index (χ1) is 10.5. The summed E-state index contributed by atoms with van der Waals surface area (Å²) >= 11 is 0.660. The number of thioether (sulfide) groups is 1. The van der Waals surface area contributed by atoms with Crippen molar-refractivity contribution in [2.45, 2.75) is 11.7 Å². The van der Waals surface area contributed by atoms with Crippen LogP contribution >= 0.6 is 11.8 Å². The van der Waals surface area contributed by atoms with Crippen molar-refractivity contribution in [2.24, 2.45) is 0 Å². The van der Waals surface area contributed by atoms with Crippen LogP contribution in [-0.4, -0.2) is 35.6 Å². The third kappa shape index (κ3) is 4.29. The molecule has 1 aliphatic rings. The lowest BCUT2D eigenvalue weighted by atomic mass is 10.3. The molecule has 0 saturated carbocycles. The molecule has 8 nitrogen and oxygen atoms in total. The van der Waals surface area contributed by atoms with Crippen LogP contribution in [0.4, 0.5) is 5.69 Å². The zero-order valence-electron chi connectivity index (χ0n) is 11.2. The van der Waals surface area contributed by atoms with Crippen LogP contribution in [0.25, 0.3) is 0 Å². The summed E-state index contributed by atoms with van der Waals surface area (Å²) in [7, 11) is 0. The molecule has 0 radical (unpaired) electrons. The molecule has 0 aromatic heterocycles. The van der Waals surface area contributed by atoms with Crippen molar-refractivity contribution in [1.29, 1.82) is 0 Å². The van der Waals surface area contributed by atoms with E-state index >= 15 is 0 Å². The van der Waals surface area contributed by atoms with Gasteiger partial charge < -0.3 is 34.6 Å². The van der Waals surface area contributed by atoms with Crippen LogP contribution in [0.3, 0.4) is 0 Å². The Morgan fingerprint density at radius 2 is 1.95 bits per heavy atom. The summed E-state index contributed by atoms with van der Waals surface area (Å²) in [4.78, 5) is 32.9. The maximum absolute atomic E-state index is 11.7. The minimum Gasteiger partial charge on any atom is -0.550 e. The molecule has 0 spiro atoms. The Labute approximate surface area is 129 Å². The Morgan fingerprint density at radius 3 is 2.64 bits per heavy atom. The lowest BCUT2D eigenvalue weighted by Crippen LogP contribution is -2.39. The second-order valence-electron chi connectivity index (χ2n) is 4.31. The summed E-state index contributed by atoms with van der Waals surface area (Å²) in [6.07, 6.45) is -0.718. The minimum atomic E-state index is -1.55. The van der Waals surface area contributed by atoms with Gasteiger partial charge in [0.15, 0.2) is 11.5 Å². The molecular weight excluding hydrogens is 314 g/mol. The van der Waals surface area contributed by atoms with Gasteiger partial charge in [0.1, 0.15) is 0 Å². The first-order valence-electron chi connectivity index (χ1n) is 6.17. The van der Waals surface area contributed by atoms with Crippen LogP contribution in [0, 0.1) is 0 Å². The standard InChI is InChI=1S/C13H13NO7S/c15-11(5-22-10(13(18)19)4-12(16)17)14-7-1-2-8-9(3-7)21-6-20-8/h1-3,10H,4-6H2,(H,14,15)(H,16,17)(H,18,19)/p-2/t10-/m1/s1. The number of carbonyl (C=O) groups excluding carboxylic acids is 3. The minimum absolute atomic E-state index is 0.110. The third-order valence-corrected chi connectivity index (χ3v) is 3.88. The van der Waals surface area contributed by atoms with Crippen molar-refractivity contribution in [1.82, 2.24) is 0 Å². The molecule has 0 fully saturated rings. The van der Waals surface area contributed by atoms with Gasteiger partial charge in [-0.1, -0.05) is 0 Å². The van der Waals surface area contributed by atoms with E-state index in [0.29, 0.717) is 28.9 Å². The molecule has 1 N–H and O–H groups in total. The Kier molecular flexibility index (Phi) is 5.10. The smallest absolute Gasteiger partial charge is 0.234 e. The SMILES string of the molecule is O=C([O-])C[C@@H](SCC(=O)Nc1ccc2c(c1)OCO2)C(=O)[O-]. The molecule has 2 rings (SSSR count). The zero-order valence-corrected chi connectivity index (χ0v) is 12.0. The average Bonchev–Trinajstić information content (AvgIpc) is 2.90. The number of rotatable bonds is 7. The monoisotopic (exact) mass is 325 g/mol. The van der Waals surface area contributed by atoms with E-state index in [-0.39, 0.29) is 12.5 Å². The Balaban J connectivity index is 1.87. The van der Waals surface area contributed by atoms with E-state index in [1.54, 1.807) is 18.2 Å². The molecule has 1 aromatic carbocycles. The van der Waals surface area contributed by atoms with Gasteiger partial charge in [0, 0.05) is 24.1 Å². The van der Waals surface area contributed by atoms with Crippen LogP contribution in [0.5, 0.6) is 11.5 Å². The number of aliphatic carboxylic acids is 2. The van der Waals surface area contributed by atoms with Crippen molar-refractivity contribution in [2.75, 3.05) is 17.9 Å². The molecule has 1 amide bonds. The van der Waals surface area contributed by atoms with Crippen molar-refractivity contribution in [3.63, 3.8) is 0 Å². The zero-order chi connectivity index (χ0) is 16.1. The molecule has 0 saturated heterocycles. The summed E-state index contributed by atoms with van der Waals surface area (Å²) in [6, 6.07) is 4.81. The van der Waals surface area contributed by atoms with E-state index in [2.05, 4.69) is 5.32 Å². The first kappa shape index (κ1) is 16.0. The summed E-state index contributed by atoms with van der Waals surface area (Å²) in [5.74, 6) is -2.72. The van der Waals surface area contributed by atoms with Gasteiger partial charge in [-0.3, -0.25) is 4.79 Å². The van der Waals surface area contributed by atoms with Crippen LogP contribution in [-0.2, 0) is 14.4 Å². The molecule has 0 bridgehead atoms. The van der Waals surface area contributed by atoms with E-state index in [1.807, 2.05) is 0 Å². The Hall–Kier alpha value is -2.42. The maximum atomic E-state index is 11.7. The topological polar surface area (TPSA) is 128 Å². The Bertz CT molecular complexity index is 604. The van der Waals surface area contributed by atoms with Crippen molar-refractivity contribution >= 4 is 35.3 Å². The van der Waals surface area contributed by atoms with Gasteiger partial charge in [0.2, 0.25) is 12.7 Å². The van der Waals surface area contributed by atoms with Crippen molar-refractivity contribution in [3.05, 3.63) is 18.2 Å². The van der Waals surface area contributed by atoms with E-state index in [1.165, 1.54) is 0 Å². The normalized spacial score (nSPS) is 13.5. The van der Waals surface area contributed by atoms with Gasteiger partial charge in [0.05, 0.1) is 17.0 Å². The van der Waals surface area contributed by atoms with Crippen LogP contribution in [0.1, 0.15) is 6.42 Å². The molecule has 1 aromatic rings. The number of ether oxygens (including phenoxy) is 2. The molecule has 1 heterocycles. The number of anilines is 1. The number of amides is 1. The fraction of sp³-hybridized carbons (Fsp3) is 0.308. The van der Waals surface area contributed by atoms with E-state index in [9.17, 15) is 24.6 Å². The fourth-order valence-corrected chi connectivity index (χ4v) is 2.52. The lowest BCUT2D eigenvalue weighted by Gasteiger charge is -2.17. The fourth-order valence-electron chi connectivity index (χ4n) is 1.71. The predicted molar refractivity (Wildman–Crippen MR) is 72.1 cm³/mol. The van der Waals surface area contributed by atoms with E-state index in [0.717, 1.165) is 0 Å². The van der Waals surface area contributed by atoms with Gasteiger partial charge in [-0.05, 0) is 12.1 Å². The van der Waals surface area contributed by atoms with Gasteiger partial charge in [-0.15, -0.1) is 11.8 Å². The summed E-state index contributed by atoms with van der Waals surface area (Å²) < 4.78 is 10.3. The quantitative estimate of drug-likeness (QED) is 0.631. The van der Waals surface area contributed by atoms with Crippen LogP contribution in [0.2, 0.25) is 0 Å². The molecule has 22 heavy (non-hydrogen) atoms. The molecule has 0 aliphatic carbocycles. The largest absolute Gasteiger partial charge is 0.550 e. The predicted octanol–water partition coefficient (Wildman–Crippen LogP) is -1.65. The van der Waals surface area contributed by atoms with Gasteiger partial charge in [-0.2, -0.15) is 0 Å². The third-order valence-electron chi connectivity index (χ3n) is 2.69. The second-order valence-corrected chi connectivity index (χ2v) is 5.50. The molecule has 1 aliphatic heterocycles. The number of benzene rings is 1. The van der Waals surface area contributed by atoms with E-state index in [4.69, 9.17) is 9.47 Å². The molecule has 118 valence electrons. The Morgan fingerprint density at radius 1 is 1.23 bits per heavy atom. The summed E-state index contributed by atoms with van der Waals surface area (Å²) in [5.41, 5.74) is 0.458.